The van der Waals surface area contributed by atoms with E-state index >= 15 is 0 Å². The van der Waals surface area contributed by atoms with Crippen LogP contribution < -0.4 is 9.47 Å². The van der Waals surface area contributed by atoms with Crippen LogP contribution in [0.5, 0.6) is 11.5 Å². The molecule has 1 heterocycles. The Morgan fingerprint density at radius 1 is 1.31 bits per heavy atom. The van der Waals surface area contributed by atoms with Gasteiger partial charge in [-0.1, -0.05) is 13.0 Å². The summed E-state index contributed by atoms with van der Waals surface area (Å²) >= 11 is 0. The van der Waals surface area contributed by atoms with E-state index in [4.69, 9.17) is 9.47 Å². The number of ether oxygens (including phenoxy) is 2. The van der Waals surface area contributed by atoms with Gasteiger partial charge in [-0.05, 0) is 30.5 Å². The molecule has 0 radical (unpaired) electrons. The minimum absolute atomic E-state index is 0.284. The van der Waals surface area contributed by atoms with Gasteiger partial charge in [0.25, 0.3) is 0 Å². The number of aliphatic hydroxyl groups is 1. The minimum Gasteiger partial charge on any atom is -0.467 e. The van der Waals surface area contributed by atoms with Crippen LogP contribution in [0.2, 0.25) is 0 Å². The molecule has 1 aliphatic rings. The Hall–Kier alpha value is -1.09. The number of aliphatic hydroxyl groups excluding tert-OH is 1. The summed E-state index contributed by atoms with van der Waals surface area (Å²) in [5.74, 6) is 1.55. The highest BCUT2D eigenvalue weighted by molar-refractivity contribution is 6.38. The molecule has 0 spiro atoms. The highest BCUT2D eigenvalue weighted by Gasteiger charge is 2.30. The summed E-state index contributed by atoms with van der Waals surface area (Å²) in [6.45, 7) is 1.97. The van der Waals surface area contributed by atoms with Crippen molar-refractivity contribution in [1.29, 1.82) is 0 Å². The number of hydrogen-bond acceptors (Lipinski definition) is 3. The molecule has 2 rings (SSSR count). The van der Waals surface area contributed by atoms with Gasteiger partial charge in [-0.15, -0.1) is 0 Å². The first-order valence-electron chi connectivity index (χ1n) is 5.69. The third-order valence-corrected chi connectivity index (χ3v) is 2.66. The molecule has 1 atom stereocenters. The molecule has 0 aliphatic carbocycles. The van der Waals surface area contributed by atoms with Gasteiger partial charge >= 0.3 is 0 Å². The normalized spacial score (nSPS) is 18.4. The summed E-state index contributed by atoms with van der Waals surface area (Å²) in [7, 11) is 3.77. The van der Waals surface area contributed by atoms with Gasteiger partial charge in [-0.2, -0.15) is 0 Å². The molecule has 1 aromatic carbocycles. The number of rotatable bonds is 3. The quantitative estimate of drug-likeness (QED) is 0.704. The van der Waals surface area contributed by atoms with Gasteiger partial charge in [0.05, 0.1) is 6.10 Å². The Kier molecular flexibility index (Phi) is 2.89. The first-order chi connectivity index (χ1) is 7.50. The zero-order valence-corrected chi connectivity index (χ0v) is 9.99. The Morgan fingerprint density at radius 3 is 2.69 bits per heavy atom. The van der Waals surface area contributed by atoms with Crippen LogP contribution in [0.3, 0.4) is 0 Å². The van der Waals surface area contributed by atoms with Crippen LogP contribution in [0, 0.1) is 0 Å². The first-order valence-corrected chi connectivity index (χ1v) is 5.69. The molecular formula is C11H16B2O3. The van der Waals surface area contributed by atoms with Gasteiger partial charge in [-0.25, -0.2) is 0 Å². The molecule has 0 saturated heterocycles. The lowest BCUT2D eigenvalue weighted by Gasteiger charge is -2.17. The van der Waals surface area contributed by atoms with Crippen LogP contribution in [-0.4, -0.2) is 32.5 Å². The van der Waals surface area contributed by atoms with E-state index in [1.54, 1.807) is 0 Å². The van der Waals surface area contributed by atoms with Gasteiger partial charge in [0.2, 0.25) is 0 Å². The van der Waals surface area contributed by atoms with E-state index in [2.05, 4.69) is 0 Å². The van der Waals surface area contributed by atoms with E-state index in [-0.39, 0.29) is 6.10 Å². The van der Waals surface area contributed by atoms with E-state index in [1.807, 2.05) is 40.8 Å². The third kappa shape index (κ3) is 2.35. The largest absolute Gasteiger partial charge is 0.467 e. The van der Waals surface area contributed by atoms with Crippen molar-refractivity contribution in [2.24, 2.45) is 0 Å². The van der Waals surface area contributed by atoms with Gasteiger partial charge in [0.1, 0.15) is 0 Å². The number of fused-ring (bicyclic) bond motifs is 1. The van der Waals surface area contributed by atoms with Crippen LogP contribution in [0.4, 0.5) is 0 Å². The van der Waals surface area contributed by atoms with Gasteiger partial charge in [-0.3, -0.25) is 0 Å². The molecule has 0 amide bonds. The Bertz CT molecular complexity index is 393. The third-order valence-electron chi connectivity index (χ3n) is 2.66. The molecule has 0 bridgehead atoms. The maximum Gasteiger partial charge on any atom is 0.197 e. The van der Waals surface area contributed by atoms with Crippen molar-refractivity contribution < 1.29 is 14.6 Å². The second-order valence-corrected chi connectivity index (χ2v) is 4.65. The molecule has 16 heavy (non-hydrogen) atoms. The van der Waals surface area contributed by atoms with Crippen LogP contribution in [0.1, 0.15) is 18.9 Å². The van der Waals surface area contributed by atoms with Gasteiger partial charge in [0.15, 0.2) is 32.8 Å². The van der Waals surface area contributed by atoms with Crippen molar-refractivity contribution in [2.75, 3.05) is 0 Å². The summed E-state index contributed by atoms with van der Waals surface area (Å²) in [5.41, 5.74) is 0.499. The van der Waals surface area contributed by atoms with E-state index < -0.39 is 5.59 Å². The van der Waals surface area contributed by atoms with E-state index in [0.29, 0.717) is 6.42 Å². The zero-order valence-electron chi connectivity index (χ0n) is 9.99. The summed E-state index contributed by atoms with van der Waals surface area (Å²) in [6.07, 6.45) is 1.14. The zero-order chi connectivity index (χ0) is 11.8. The van der Waals surface area contributed by atoms with Crippen LogP contribution in [0.15, 0.2) is 18.2 Å². The Labute approximate surface area is 97.6 Å². The molecule has 5 heteroatoms. The van der Waals surface area contributed by atoms with Crippen LogP contribution >= 0.6 is 0 Å². The van der Waals surface area contributed by atoms with Crippen molar-refractivity contribution >= 4 is 15.7 Å². The van der Waals surface area contributed by atoms with Crippen molar-refractivity contribution in [3.8, 4) is 11.5 Å². The van der Waals surface area contributed by atoms with Crippen LogP contribution in [-0.2, 0) is 6.42 Å². The fraction of sp³-hybridized carbons (Fsp3) is 0.455. The first kappa shape index (κ1) is 11.4. The molecule has 0 saturated carbocycles. The standard InChI is InChI=1S/C11H16B2O3/c1-2-8(14)5-7-3-4-9-10(6-7)16-11(12,13)15-9/h3-4,6,8,14H,2,5,12-13H2,1H3. The van der Waals surface area contributed by atoms with Crippen LogP contribution in [0.25, 0.3) is 0 Å². The topological polar surface area (TPSA) is 38.7 Å². The molecule has 1 aromatic rings. The predicted molar refractivity (Wildman–Crippen MR) is 67.5 cm³/mol. The van der Waals surface area contributed by atoms with Crippen molar-refractivity contribution in [2.45, 2.75) is 31.5 Å². The average molecular weight is 218 g/mol. The fourth-order valence-electron chi connectivity index (χ4n) is 1.81. The minimum atomic E-state index is -0.579. The molecule has 1 N–H and O–H groups in total. The van der Waals surface area contributed by atoms with E-state index in [0.717, 1.165) is 23.5 Å². The second kappa shape index (κ2) is 4.06. The van der Waals surface area contributed by atoms with E-state index in [9.17, 15) is 5.11 Å². The Morgan fingerprint density at radius 2 is 2.00 bits per heavy atom. The summed E-state index contributed by atoms with van der Waals surface area (Å²) in [6, 6.07) is 5.83. The monoisotopic (exact) mass is 218 g/mol. The number of benzene rings is 1. The maximum absolute atomic E-state index is 9.59. The smallest absolute Gasteiger partial charge is 0.197 e. The lowest BCUT2D eigenvalue weighted by molar-refractivity contribution is 0.0833. The summed E-state index contributed by atoms with van der Waals surface area (Å²) < 4.78 is 11.2. The molecular weight excluding hydrogens is 202 g/mol. The average Bonchev–Trinajstić information content (AvgIpc) is 2.51. The predicted octanol–water partition coefficient (Wildman–Crippen LogP) is -0.351. The maximum atomic E-state index is 9.59. The molecule has 0 aromatic heterocycles. The SMILES string of the molecule is BC1(B)Oc2ccc(CC(O)CC)cc2O1. The fourth-order valence-corrected chi connectivity index (χ4v) is 1.81. The van der Waals surface area contributed by atoms with Crippen molar-refractivity contribution in [3.63, 3.8) is 0 Å². The number of hydrogen-bond donors (Lipinski definition) is 1. The van der Waals surface area contributed by atoms with Crippen molar-refractivity contribution in [3.05, 3.63) is 23.8 Å². The second-order valence-electron chi connectivity index (χ2n) is 4.65. The molecule has 84 valence electrons. The highest BCUT2D eigenvalue weighted by atomic mass is 16.7. The van der Waals surface area contributed by atoms with Gasteiger partial charge in [0, 0.05) is 0 Å². The molecule has 1 aliphatic heterocycles. The molecule has 0 fully saturated rings. The lowest BCUT2D eigenvalue weighted by Crippen LogP contribution is -2.39. The molecule has 1 unspecified atom stereocenters. The summed E-state index contributed by atoms with van der Waals surface area (Å²) in [5, 5.41) is 9.59. The lowest BCUT2D eigenvalue weighted by atomic mass is 9.76. The van der Waals surface area contributed by atoms with Crippen molar-refractivity contribution in [1.82, 2.24) is 0 Å². The van der Waals surface area contributed by atoms with Gasteiger partial charge < -0.3 is 14.6 Å². The Balaban J connectivity index is 2.16. The van der Waals surface area contributed by atoms with E-state index in [1.165, 1.54) is 0 Å². The summed E-state index contributed by atoms with van der Waals surface area (Å²) in [4.78, 5) is 0. The molecule has 3 nitrogen and oxygen atoms in total. The highest BCUT2D eigenvalue weighted by Crippen LogP contribution is 2.37.